The van der Waals surface area contributed by atoms with Crippen LogP contribution in [0.25, 0.3) is 0 Å². The molecular formula is C11H14N2O3S. The van der Waals surface area contributed by atoms with Gasteiger partial charge in [-0.3, -0.25) is 9.69 Å². The third-order valence-corrected chi connectivity index (χ3v) is 3.98. The third kappa shape index (κ3) is 2.65. The number of hydrogen-bond donors (Lipinski definition) is 2. The van der Waals surface area contributed by atoms with Crippen LogP contribution in [-0.4, -0.2) is 34.5 Å². The number of hydrogen-bond acceptors (Lipinski definition) is 4. The zero-order valence-electron chi connectivity index (χ0n) is 9.26. The lowest BCUT2D eigenvalue weighted by atomic mass is 10.2. The van der Waals surface area contributed by atoms with Gasteiger partial charge in [-0.25, -0.2) is 4.79 Å². The Kier molecular flexibility index (Phi) is 3.44. The summed E-state index contributed by atoms with van der Waals surface area (Å²) in [5.41, 5.74) is 5.32. The summed E-state index contributed by atoms with van der Waals surface area (Å²) in [4.78, 5) is 25.2. The minimum absolute atomic E-state index is 0.203. The summed E-state index contributed by atoms with van der Waals surface area (Å²) in [7, 11) is 0. The molecule has 5 nitrogen and oxygen atoms in total. The molecule has 0 saturated carbocycles. The molecule has 1 aromatic heterocycles. The lowest BCUT2D eigenvalue weighted by Crippen LogP contribution is -2.39. The van der Waals surface area contributed by atoms with E-state index >= 15 is 0 Å². The van der Waals surface area contributed by atoms with Crippen molar-refractivity contribution in [1.82, 2.24) is 4.90 Å². The molecule has 0 aromatic carbocycles. The highest BCUT2D eigenvalue weighted by molar-refractivity contribution is 7.13. The van der Waals surface area contributed by atoms with Gasteiger partial charge in [0.25, 0.3) is 0 Å². The van der Waals surface area contributed by atoms with Gasteiger partial charge in [-0.15, -0.1) is 11.3 Å². The molecule has 3 N–H and O–H groups in total. The standard InChI is InChI=1S/C11H14N2O3S/c12-10(14)8-2-1-5-13(8)6-7-3-4-9(17-7)11(15)16/h3-4,8H,1-2,5-6H2,(H2,12,14)(H,15,16). The second-order valence-corrected chi connectivity index (χ2v) is 5.27. The Hall–Kier alpha value is -1.40. The normalized spacial score (nSPS) is 20.6. The first-order valence-corrected chi connectivity index (χ1v) is 6.25. The van der Waals surface area contributed by atoms with E-state index in [2.05, 4.69) is 0 Å². The number of likely N-dealkylation sites (tertiary alicyclic amines) is 1. The molecule has 1 aliphatic rings. The largest absolute Gasteiger partial charge is 0.477 e. The summed E-state index contributed by atoms with van der Waals surface area (Å²) in [6.45, 7) is 1.44. The quantitative estimate of drug-likeness (QED) is 0.836. The summed E-state index contributed by atoms with van der Waals surface area (Å²) in [5, 5.41) is 8.82. The maximum atomic E-state index is 11.2. The zero-order chi connectivity index (χ0) is 12.4. The van der Waals surface area contributed by atoms with Crippen molar-refractivity contribution in [3.63, 3.8) is 0 Å². The second-order valence-electron chi connectivity index (χ2n) is 4.10. The Morgan fingerprint density at radius 3 is 2.88 bits per heavy atom. The molecule has 1 saturated heterocycles. The van der Waals surface area contributed by atoms with Crippen LogP contribution in [0.5, 0.6) is 0 Å². The van der Waals surface area contributed by atoms with Crippen LogP contribution in [0.2, 0.25) is 0 Å². The smallest absolute Gasteiger partial charge is 0.345 e. The van der Waals surface area contributed by atoms with Crippen molar-refractivity contribution in [1.29, 1.82) is 0 Å². The molecule has 0 bridgehead atoms. The van der Waals surface area contributed by atoms with E-state index in [1.165, 1.54) is 11.3 Å². The Balaban J connectivity index is 2.04. The maximum Gasteiger partial charge on any atom is 0.345 e. The molecule has 17 heavy (non-hydrogen) atoms. The summed E-state index contributed by atoms with van der Waals surface area (Å²) >= 11 is 1.25. The van der Waals surface area contributed by atoms with Gasteiger partial charge >= 0.3 is 5.97 Å². The molecule has 2 heterocycles. The Bertz CT molecular complexity index is 444. The van der Waals surface area contributed by atoms with Crippen molar-refractivity contribution >= 4 is 23.2 Å². The van der Waals surface area contributed by atoms with E-state index < -0.39 is 5.97 Å². The lowest BCUT2D eigenvalue weighted by Gasteiger charge is -2.20. The molecule has 0 aliphatic carbocycles. The van der Waals surface area contributed by atoms with Crippen LogP contribution in [0, 0.1) is 0 Å². The Morgan fingerprint density at radius 2 is 2.29 bits per heavy atom. The highest BCUT2D eigenvalue weighted by atomic mass is 32.1. The molecule has 1 fully saturated rings. The van der Waals surface area contributed by atoms with E-state index in [0.717, 1.165) is 24.3 Å². The van der Waals surface area contributed by atoms with Gasteiger partial charge in [0.1, 0.15) is 4.88 Å². The van der Waals surface area contributed by atoms with Crippen LogP contribution in [0.15, 0.2) is 12.1 Å². The first kappa shape index (κ1) is 12.1. The molecule has 1 unspecified atom stereocenters. The van der Waals surface area contributed by atoms with Crippen LogP contribution >= 0.6 is 11.3 Å². The molecule has 1 aliphatic heterocycles. The number of carbonyl (C=O) groups excluding carboxylic acids is 1. The molecule has 0 radical (unpaired) electrons. The number of carboxylic acid groups (broad SMARTS) is 1. The average molecular weight is 254 g/mol. The van der Waals surface area contributed by atoms with Crippen LogP contribution in [0.3, 0.4) is 0 Å². The molecule has 92 valence electrons. The summed E-state index contributed by atoms with van der Waals surface area (Å²) in [6, 6.07) is 3.19. The SMILES string of the molecule is NC(=O)C1CCCN1Cc1ccc(C(=O)O)s1. The van der Waals surface area contributed by atoms with Gasteiger partial charge in [-0.2, -0.15) is 0 Å². The molecule has 0 spiro atoms. The first-order valence-electron chi connectivity index (χ1n) is 5.43. The Labute approximate surface area is 103 Å². The van der Waals surface area contributed by atoms with Crippen molar-refractivity contribution < 1.29 is 14.7 Å². The fourth-order valence-corrected chi connectivity index (χ4v) is 2.99. The third-order valence-electron chi connectivity index (χ3n) is 2.92. The molecule has 1 atom stereocenters. The minimum Gasteiger partial charge on any atom is -0.477 e. The number of nitrogens with two attached hydrogens (primary N) is 1. The fraction of sp³-hybridized carbons (Fsp3) is 0.455. The Morgan fingerprint density at radius 1 is 1.53 bits per heavy atom. The summed E-state index contributed by atoms with van der Waals surface area (Å²) in [6.07, 6.45) is 1.76. The van der Waals surface area contributed by atoms with E-state index in [1.807, 2.05) is 4.90 Å². The zero-order valence-corrected chi connectivity index (χ0v) is 10.1. The number of rotatable bonds is 4. The first-order chi connectivity index (χ1) is 8.08. The van der Waals surface area contributed by atoms with Gasteiger partial charge in [0.15, 0.2) is 0 Å². The number of aromatic carboxylic acids is 1. The van der Waals surface area contributed by atoms with Crippen LogP contribution in [0.4, 0.5) is 0 Å². The van der Waals surface area contributed by atoms with Crippen LogP contribution in [-0.2, 0) is 11.3 Å². The number of carboxylic acids is 1. The monoisotopic (exact) mass is 254 g/mol. The summed E-state index contributed by atoms with van der Waals surface area (Å²) in [5.74, 6) is -1.20. The van der Waals surface area contributed by atoms with Crippen LogP contribution in [0.1, 0.15) is 27.4 Å². The van der Waals surface area contributed by atoms with E-state index in [9.17, 15) is 9.59 Å². The van der Waals surface area contributed by atoms with Gasteiger partial charge in [0, 0.05) is 11.4 Å². The second kappa shape index (κ2) is 4.85. The predicted molar refractivity (Wildman–Crippen MR) is 63.9 cm³/mol. The van der Waals surface area contributed by atoms with E-state index in [4.69, 9.17) is 10.8 Å². The van der Waals surface area contributed by atoms with Crippen molar-refractivity contribution in [2.75, 3.05) is 6.54 Å². The number of carbonyl (C=O) groups is 2. The van der Waals surface area contributed by atoms with Gasteiger partial charge < -0.3 is 10.8 Å². The molecular weight excluding hydrogens is 240 g/mol. The van der Waals surface area contributed by atoms with E-state index in [0.29, 0.717) is 11.4 Å². The highest BCUT2D eigenvalue weighted by Gasteiger charge is 2.29. The van der Waals surface area contributed by atoms with E-state index in [-0.39, 0.29) is 11.9 Å². The minimum atomic E-state index is -0.908. The fourth-order valence-electron chi connectivity index (χ4n) is 2.12. The van der Waals surface area contributed by atoms with Gasteiger partial charge in [-0.1, -0.05) is 0 Å². The summed E-state index contributed by atoms with van der Waals surface area (Å²) < 4.78 is 0. The molecule has 1 aromatic rings. The average Bonchev–Trinajstić information content (AvgIpc) is 2.86. The molecule has 1 amide bonds. The van der Waals surface area contributed by atoms with Gasteiger partial charge in [-0.05, 0) is 31.5 Å². The van der Waals surface area contributed by atoms with Crippen molar-refractivity contribution in [2.24, 2.45) is 5.73 Å². The van der Waals surface area contributed by atoms with Crippen molar-refractivity contribution in [3.8, 4) is 0 Å². The molecule has 6 heteroatoms. The number of primary amides is 1. The van der Waals surface area contributed by atoms with Gasteiger partial charge in [0.2, 0.25) is 5.91 Å². The topological polar surface area (TPSA) is 83.6 Å². The van der Waals surface area contributed by atoms with Crippen molar-refractivity contribution in [2.45, 2.75) is 25.4 Å². The van der Waals surface area contributed by atoms with Crippen molar-refractivity contribution in [3.05, 3.63) is 21.9 Å². The van der Waals surface area contributed by atoms with E-state index in [1.54, 1.807) is 12.1 Å². The number of nitrogens with zero attached hydrogens (tertiary/aromatic N) is 1. The predicted octanol–water partition coefficient (Wildman–Crippen LogP) is 0.896. The highest BCUT2D eigenvalue weighted by Crippen LogP contribution is 2.23. The lowest BCUT2D eigenvalue weighted by molar-refractivity contribution is -0.122. The molecule has 2 rings (SSSR count). The van der Waals surface area contributed by atoms with Crippen LogP contribution < -0.4 is 5.73 Å². The number of amides is 1. The number of thiophene rings is 1. The maximum absolute atomic E-state index is 11.2. The van der Waals surface area contributed by atoms with Gasteiger partial charge in [0.05, 0.1) is 6.04 Å².